The number of aryl methyl sites for hydroxylation is 1. The largest absolute Gasteiger partial charge is 0.496 e. The molecule has 0 aliphatic heterocycles. The molecular formula is C12H12O4. The predicted octanol–water partition coefficient (Wildman–Crippen LogP) is 1.83. The van der Waals surface area contributed by atoms with Crippen molar-refractivity contribution >= 4 is 11.8 Å². The first-order chi connectivity index (χ1) is 7.54. The van der Waals surface area contributed by atoms with Crippen LogP contribution in [0, 0.1) is 6.92 Å². The van der Waals surface area contributed by atoms with Gasteiger partial charge >= 0.3 is 5.97 Å². The van der Waals surface area contributed by atoms with Crippen LogP contribution in [0.1, 0.15) is 15.9 Å². The first kappa shape index (κ1) is 12.0. The molecule has 0 aromatic heterocycles. The quantitative estimate of drug-likeness (QED) is 0.621. The Hall–Kier alpha value is -2.10. The van der Waals surface area contributed by atoms with Gasteiger partial charge in [-0.3, -0.25) is 4.79 Å². The van der Waals surface area contributed by atoms with Gasteiger partial charge in [-0.2, -0.15) is 0 Å². The Kier molecular flexibility index (Phi) is 3.83. The second-order valence-corrected chi connectivity index (χ2v) is 3.22. The lowest BCUT2D eigenvalue weighted by molar-refractivity contribution is -0.131. The van der Waals surface area contributed by atoms with Gasteiger partial charge in [0.05, 0.1) is 7.11 Å². The second-order valence-electron chi connectivity index (χ2n) is 3.22. The number of methoxy groups -OCH3 is 1. The maximum Gasteiger partial charge on any atom is 0.328 e. The lowest BCUT2D eigenvalue weighted by Gasteiger charge is -2.05. The van der Waals surface area contributed by atoms with E-state index in [2.05, 4.69) is 0 Å². The molecule has 0 bridgehead atoms. The molecule has 1 N–H and O–H groups in total. The molecule has 0 aliphatic rings. The third kappa shape index (κ3) is 2.95. The number of carbonyl (C=O) groups is 2. The lowest BCUT2D eigenvalue weighted by atomic mass is 10.1. The molecule has 0 radical (unpaired) electrons. The van der Waals surface area contributed by atoms with Crippen molar-refractivity contribution in [2.24, 2.45) is 0 Å². The minimum absolute atomic E-state index is 0.340. The number of carboxylic acids is 1. The van der Waals surface area contributed by atoms with Crippen LogP contribution in [0.15, 0.2) is 30.4 Å². The van der Waals surface area contributed by atoms with Crippen molar-refractivity contribution in [1.82, 2.24) is 0 Å². The maximum atomic E-state index is 11.5. The van der Waals surface area contributed by atoms with Crippen molar-refractivity contribution in [3.63, 3.8) is 0 Å². The van der Waals surface area contributed by atoms with E-state index in [9.17, 15) is 9.59 Å². The Morgan fingerprint density at radius 3 is 2.50 bits per heavy atom. The Labute approximate surface area is 93.2 Å². The number of carbonyl (C=O) groups excluding carboxylic acids is 1. The molecule has 0 fully saturated rings. The van der Waals surface area contributed by atoms with Crippen molar-refractivity contribution in [3.8, 4) is 5.75 Å². The number of aliphatic carboxylic acids is 1. The molecule has 0 saturated heterocycles. The summed E-state index contributed by atoms with van der Waals surface area (Å²) in [6.45, 7) is 1.82. The molecule has 0 aliphatic carbocycles. The number of allylic oxidation sites excluding steroid dienone is 1. The van der Waals surface area contributed by atoms with Crippen LogP contribution in [0.5, 0.6) is 5.75 Å². The van der Waals surface area contributed by atoms with Crippen LogP contribution in [0.25, 0.3) is 0 Å². The van der Waals surface area contributed by atoms with E-state index in [4.69, 9.17) is 9.84 Å². The van der Waals surface area contributed by atoms with Crippen molar-refractivity contribution < 1.29 is 19.4 Å². The normalized spacial score (nSPS) is 10.4. The van der Waals surface area contributed by atoms with Crippen LogP contribution in [0.3, 0.4) is 0 Å². The molecule has 4 heteroatoms. The highest BCUT2D eigenvalue weighted by Gasteiger charge is 2.05. The second kappa shape index (κ2) is 5.11. The first-order valence-electron chi connectivity index (χ1n) is 4.64. The number of hydrogen-bond donors (Lipinski definition) is 1. The highest BCUT2D eigenvalue weighted by atomic mass is 16.5. The van der Waals surface area contributed by atoms with E-state index in [-0.39, 0.29) is 5.78 Å². The predicted molar refractivity (Wildman–Crippen MR) is 58.8 cm³/mol. The minimum Gasteiger partial charge on any atom is -0.496 e. The number of ether oxygens (including phenoxy) is 1. The summed E-state index contributed by atoms with van der Waals surface area (Å²) in [6, 6.07) is 4.94. The molecule has 16 heavy (non-hydrogen) atoms. The van der Waals surface area contributed by atoms with Gasteiger partial charge in [0, 0.05) is 11.6 Å². The zero-order valence-corrected chi connectivity index (χ0v) is 9.06. The Bertz CT molecular complexity index is 446. The zero-order valence-electron chi connectivity index (χ0n) is 9.06. The Morgan fingerprint density at radius 1 is 1.31 bits per heavy atom. The molecule has 4 nitrogen and oxygen atoms in total. The average molecular weight is 220 g/mol. The third-order valence-corrected chi connectivity index (χ3v) is 2.06. The van der Waals surface area contributed by atoms with Crippen LogP contribution in [0.4, 0.5) is 0 Å². The van der Waals surface area contributed by atoms with Crippen molar-refractivity contribution in [3.05, 3.63) is 41.5 Å². The van der Waals surface area contributed by atoms with Gasteiger partial charge in [-0.15, -0.1) is 0 Å². The van der Waals surface area contributed by atoms with E-state index < -0.39 is 5.97 Å². The fraction of sp³-hybridized carbons (Fsp3) is 0.167. The molecule has 1 rings (SSSR count). The topological polar surface area (TPSA) is 63.6 Å². The van der Waals surface area contributed by atoms with Crippen molar-refractivity contribution in [2.75, 3.05) is 7.11 Å². The molecule has 1 aromatic rings. The third-order valence-electron chi connectivity index (χ3n) is 2.06. The number of ketones is 1. The summed E-state index contributed by atoms with van der Waals surface area (Å²) < 4.78 is 5.05. The highest BCUT2D eigenvalue weighted by molar-refractivity contribution is 6.07. The van der Waals surface area contributed by atoms with Gasteiger partial charge in [0.1, 0.15) is 5.75 Å². The standard InChI is InChI=1S/C12H12O4/c1-8-7-9(3-5-11(8)16-2)10(13)4-6-12(14)15/h3-7H,1-2H3,(H,14,15). The molecule has 1 aromatic carbocycles. The van der Waals surface area contributed by atoms with Gasteiger partial charge in [-0.25, -0.2) is 4.79 Å². The summed E-state index contributed by atoms with van der Waals surface area (Å²) >= 11 is 0. The van der Waals surface area contributed by atoms with Crippen LogP contribution in [0.2, 0.25) is 0 Å². The van der Waals surface area contributed by atoms with Gasteiger partial charge < -0.3 is 9.84 Å². The van der Waals surface area contributed by atoms with E-state index in [1.165, 1.54) is 0 Å². The molecule has 0 unspecified atom stereocenters. The number of carboxylic acid groups (broad SMARTS) is 1. The van der Waals surface area contributed by atoms with Gasteiger partial charge in [-0.1, -0.05) is 0 Å². The number of hydrogen-bond acceptors (Lipinski definition) is 3. The summed E-state index contributed by atoms with van der Waals surface area (Å²) in [5, 5.41) is 8.39. The van der Waals surface area contributed by atoms with E-state index in [0.29, 0.717) is 11.3 Å². The summed E-state index contributed by atoms with van der Waals surface area (Å²) in [5.74, 6) is -0.787. The van der Waals surface area contributed by atoms with Gasteiger partial charge in [-0.05, 0) is 36.8 Å². The average Bonchev–Trinajstić information content (AvgIpc) is 2.25. The first-order valence-corrected chi connectivity index (χ1v) is 4.64. The van der Waals surface area contributed by atoms with Gasteiger partial charge in [0.2, 0.25) is 0 Å². The van der Waals surface area contributed by atoms with Crippen molar-refractivity contribution in [2.45, 2.75) is 6.92 Å². The zero-order chi connectivity index (χ0) is 12.1. The highest BCUT2D eigenvalue weighted by Crippen LogP contribution is 2.18. The molecular weight excluding hydrogens is 208 g/mol. The van der Waals surface area contributed by atoms with E-state index in [1.54, 1.807) is 25.3 Å². The Balaban J connectivity index is 2.93. The molecule has 0 saturated carbocycles. The van der Waals surface area contributed by atoms with E-state index >= 15 is 0 Å². The summed E-state index contributed by atoms with van der Waals surface area (Å²) in [4.78, 5) is 21.8. The molecule has 0 spiro atoms. The van der Waals surface area contributed by atoms with Crippen LogP contribution in [-0.2, 0) is 4.79 Å². The fourth-order valence-electron chi connectivity index (χ4n) is 1.27. The van der Waals surface area contributed by atoms with Crippen LogP contribution >= 0.6 is 0 Å². The lowest BCUT2D eigenvalue weighted by Crippen LogP contribution is -1.98. The monoisotopic (exact) mass is 220 g/mol. The van der Waals surface area contributed by atoms with E-state index in [1.807, 2.05) is 6.92 Å². The summed E-state index contributed by atoms with van der Waals surface area (Å²) in [5.41, 5.74) is 1.27. The minimum atomic E-state index is -1.14. The number of benzene rings is 1. The van der Waals surface area contributed by atoms with Crippen molar-refractivity contribution in [1.29, 1.82) is 0 Å². The summed E-state index contributed by atoms with van der Waals surface area (Å²) in [7, 11) is 1.55. The van der Waals surface area contributed by atoms with Gasteiger partial charge in [0.25, 0.3) is 0 Å². The maximum absolute atomic E-state index is 11.5. The Morgan fingerprint density at radius 2 is 2.00 bits per heavy atom. The molecule has 0 amide bonds. The number of rotatable bonds is 4. The van der Waals surface area contributed by atoms with Gasteiger partial charge in [0.15, 0.2) is 5.78 Å². The van der Waals surface area contributed by atoms with Crippen LogP contribution in [-0.4, -0.2) is 24.0 Å². The van der Waals surface area contributed by atoms with Crippen LogP contribution < -0.4 is 4.74 Å². The molecule has 0 atom stereocenters. The SMILES string of the molecule is COc1ccc(C(=O)C=CC(=O)O)cc1C. The smallest absolute Gasteiger partial charge is 0.328 e. The van der Waals surface area contributed by atoms with E-state index in [0.717, 1.165) is 17.7 Å². The summed E-state index contributed by atoms with van der Waals surface area (Å²) in [6.07, 6.45) is 1.85. The molecule has 84 valence electrons. The fourth-order valence-corrected chi connectivity index (χ4v) is 1.27. The molecule has 0 heterocycles.